The summed E-state index contributed by atoms with van der Waals surface area (Å²) >= 11 is 0. The summed E-state index contributed by atoms with van der Waals surface area (Å²) in [5.74, 6) is -0.00454. The smallest absolute Gasteiger partial charge is 0.411 e. The van der Waals surface area contributed by atoms with E-state index in [4.69, 9.17) is 12.6 Å². The highest BCUT2D eigenvalue weighted by Gasteiger charge is 2.44. The van der Waals surface area contributed by atoms with Crippen LogP contribution in [-0.4, -0.2) is 25.4 Å². The number of rotatable bonds is 6. The monoisotopic (exact) mass is 386 g/mol. The molecule has 1 amide bonds. The van der Waals surface area contributed by atoms with Gasteiger partial charge in [0.25, 0.3) is 0 Å². The van der Waals surface area contributed by atoms with Gasteiger partial charge in [-0.2, -0.15) is 5.26 Å². The second-order valence-electron chi connectivity index (χ2n) is 8.11. The zero-order chi connectivity index (χ0) is 21.0. The van der Waals surface area contributed by atoms with Gasteiger partial charge in [0.15, 0.2) is 0 Å². The van der Waals surface area contributed by atoms with Crippen molar-refractivity contribution in [2.45, 2.75) is 45.3 Å². The van der Waals surface area contributed by atoms with Gasteiger partial charge in [-0.3, -0.25) is 0 Å². The fraction of sp³-hybridized carbons (Fsp3) is 0.417. The largest absolute Gasteiger partial charge is 0.438 e. The number of cyclic esters (lactones) is 1. The summed E-state index contributed by atoms with van der Waals surface area (Å²) in [7, 11) is 5.79. The molecule has 1 saturated heterocycles. The molecule has 1 fully saturated rings. The molecular weight excluding hydrogens is 359 g/mol. The van der Waals surface area contributed by atoms with Crippen molar-refractivity contribution in [2.24, 2.45) is 11.8 Å². The van der Waals surface area contributed by atoms with Crippen LogP contribution < -0.4 is 5.46 Å². The Labute approximate surface area is 174 Å². The Kier molecular flexibility index (Phi) is 6.32. The van der Waals surface area contributed by atoms with E-state index in [1.54, 1.807) is 4.90 Å². The molecule has 0 aliphatic carbocycles. The summed E-state index contributed by atoms with van der Waals surface area (Å²) in [5, 5.41) is 9.33. The minimum absolute atomic E-state index is 0.104. The molecule has 4 nitrogen and oxygen atoms in total. The first-order valence-electron chi connectivity index (χ1n) is 10.2. The van der Waals surface area contributed by atoms with E-state index in [9.17, 15) is 10.1 Å². The Morgan fingerprint density at radius 1 is 1.14 bits per heavy atom. The molecule has 4 atom stereocenters. The lowest BCUT2D eigenvalue weighted by atomic mass is 9.78. The molecule has 0 aromatic heterocycles. The van der Waals surface area contributed by atoms with Gasteiger partial charge in [0, 0.05) is 18.9 Å². The molecule has 29 heavy (non-hydrogen) atoms. The van der Waals surface area contributed by atoms with E-state index in [2.05, 4.69) is 13.0 Å². The molecular formula is C24H27BN2O2. The zero-order valence-corrected chi connectivity index (χ0v) is 17.3. The molecule has 0 bridgehead atoms. The molecule has 148 valence electrons. The maximum Gasteiger partial charge on any atom is 0.411 e. The standard InChI is InChI=1S/C24H27BN2O2/c1-17(18(2)16-26)15-24(21-7-5-4-6-8-21)13-14-27(23(28)29-24)19(3)20-9-11-22(25)12-10-20/h4-12,17-19H,13-15H2,1-3H3/t17?,18?,19-,24-/m0/s1. The number of hydrogen-bond acceptors (Lipinski definition) is 3. The summed E-state index contributed by atoms with van der Waals surface area (Å²) < 4.78 is 6.16. The van der Waals surface area contributed by atoms with Crippen LogP contribution in [0.25, 0.3) is 0 Å². The maximum absolute atomic E-state index is 13.1. The van der Waals surface area contributed by atoms with Crippen molar-refractivity contribution in [1.82, 2.24) is 4.90 Å². The van der Waals surface area contributed by atoms with Crippen LogP contribution in [0.2, 0.25) is 0 Å². The molecule has 2 aromatic rings. The fourth-order valence-corrected chi connectivity index (χ4v) is 4.01. The number of hydrogen-bond donors (Lipinski definition) is 0. The van der Waals surface area contributed by atoms with E-state index in [1.807, 2.05) is 68.4 Å². The lowest BCUT2D eigenvalue weighted by molar-refractivity contribution is -0.0744. The Hall–Kier alpha value is -2.74. The van der Waals surface area contributed by atoms with Crippen molar-refractivity contribution < 1.29 is 9.53 Å². The number of amides is 1. The van der Waals surface area contributed by atoms with Crippen LogP contribution in [0.3, 0.4) is 0 Å². The topological polar surface area (TPSA) is 53.3 Å². The highest BCUT2D eigenvalue weighted by atomic mass is 16.6. The summed E-state index contributed by atoms with van der Waals surface area (Å²) in [6.45, 7) is 6.56. The number of carbonyl (C=O) groups is 1. The van der Waals surface area contributed by atoms with Crippen molar-refractivity contribution in [3.05, 3.63) is 65.7 Å². The van der Waals surface area contributed by atoms with Gasteiger partial charge in [-0.15, -0.1) is 0 Å². The van der Waals surface area contributed by atoms with Gasteiger partial charge in [-0.25, -0.2) is 4.79 Å². The van der Waals surface area contributed by atoms with Gasteiger partial charge >= 0.3 is 6.09 Å². The first kappa shape index (κ1) is 21.0. The molecule has 3 rings (SSSR count). The third kappa shape index (κ3) is 4.48. The molecule has 1 aliphatic rings. The molecule has 0 N–H and O–H groups in total. The van der Waals surface area contributed by atoms with Crippen molar-refractivity contribution in [1.29, 1.82) is 5.26 Å². The maximum atomic E-state index is 13.1. The molecule has 2 radical (unpaired) electrons. The highest BCUT2D eigenvalue weighted by Crippen LogP contribution is 2.42. The summed E-state index contributed by atoms with van der Waals surface area (Å²) in [5.41, 5.74) is 2.01. The first-order valence-corrected chi connectivity index (χ1v) is 10.2. The van der Waals surface area contributed by atoms with Crippen LogP contribution in [0.15, 0.2) is 54.6 Å². The van der Waals surface area contributed by atoms with E-state index in [1.165, 1.54) is 0 Å². The predicted molar refractivity (Wildman–Crippen MR) is 115 cm³/mol. The number of nitrogens with zero attached hydrogens (tertiary/aromatic N) is 2. The number of benzene rings is 2. The fourth-order valence-electron chi connectivity index (χ4n) is 4.01. The summed E-state index contributed by atoms with van der Waals surface area (Å²) in [6.07, 6.45) is 0.993. The van der Waals surface area contributed by atoms with Gasteiger partial charge in [0.2, 0.25) is 0 Å². The van der Waals surface area contributed by atoms with Crippen molar-refractivity contribution in [3.8, 4) is 6.07 Å². The van der Waals surface area contributed by atoms with Crippen LogP contribution in [0.4, 0.5) is 4.79 Å². The third-order valence-electron chi connectivity index (χ3n) is 6.17. The van der Waals surface area contributed by atoms with Crippen LogP contribution in [0.1, 0.15) is 50.8 Å². The van der Waals surface area contributed by atoms with Gasteiger partial charge in [0.05, 0.1) is 12.1 Å². The van der Waals surface area contributed by atoms with E-state index >= 15 is 0 Å². The van der Waals surface area contributed by atoms with Gasteiger partial charge in [0.1, 0.15) is 13.4 Å². The van der Waals surface area contributed by atoms with Crippen molar-refractivity contribution >= 4 is 19.4 Å². The van der Waals surface area contributed by atoms with E-state index in [-0.39, 0.29) is 24.0 Å². The Balaban J connectivity index is 1.85. The quantitative estimate of drug-likeness (QED) is 0.689. The first-order chi connectivity index (χ1) is 13.9. The average Bonchev–Trinajstić information content (AvgIpc) is 2.74. The van der Waals surface area contributed by atoms with E-state index < -0.39 is 5.60 Å². The minimum Gasteiger partial charge on any atom is -0.438 e. The Bertz CT molecular complexity index is 878. The van der Waals surface area contributed by atoms with E-state index in [0.717, 1.165) is 11.1 Å². The Morgan fingerprint density at radius 3 is 2.38 bits per heavy atom. The average molecular weight is 386 g/mol. The van der Waals surface area contributed by atoms with Crippen molar-refractivity contribution in [3.63, 3.8) is 0 Å². The molecule has 2 unspecified atom stereocenters. The summed E-state index contributed by atoms with van der Waals surface area (Å²) in [6, 6.07) is 19.7. The number of nitriles is 1. The molecule has 0 spiro atoms. The second kappa shape index (κ2) is 8.74. The molecule has 1 heterocycles. The SMILES string of the molecule is [B]c1ccc([C@H](C)N2CC[C@](CC(C)C(C)C#N)(c3ccccc3)OC2=O)cc1. The normalized spacial score (nSPS) is 22.3. The van der Waals surface area contributed by atoms with Gasteiger partial charge in [-0.1, -0.05) is 67.0 Å². The van der Waals surface area contributed by atoms with Crippen LogP contribution >= 0.6 is 0 Å². The Morgan fingerprint density at radius 2 is 1.79 bits per heavy atom. The molecule has 5 heteroatoms. The zero-order valence-electron chi connectivity index (χ0n) is 17.3. The van der Waals surface area contributed by atoms with Crippen LogP contribution in [-0.2, 0) is 10.3 Å². The predicted octanol–water partition coefficient (Wildman–Crippen LogP) is 4.47. The van der Waals surface area contributed by atoms with Gasteiger partial charge < -0.3 is 9.64 Å². The molecule has 0 saturated carbocycles. The molecule has 2 aromatic carbocycles. The van der Waals surface area contributed by atoms with Crippen molar-refractivity contribution in [2.75, 3.05) is 6.54 Å². The second-order valence-corrected chi connectivity index (χ2v) is 8.11. The summed E-state index contributed by atoms with van der Waals surface area (Å²) in [4.78, 5) is 14.9. The van der Waals surface area contributed by atoms with Crippen LogP contribution in [0.5, 0.6) is 0 Å². The highest BCUT2D eigenvalue weighted by molar-refractivity contribution is 6.32. The third-order valence-corrected chi connectivity index (χ3v) is 6.17. The lowest BCUT2D eigenvalue weighted by Gasteiger charge is -2.44. The number of carbonyl (C=O) groups excluding carboxylic acids is 1. The lowest BCUT2D eigenvalue weighted by Crippen LogP contribution is -2.49. The molecule has 1 aliphatic heterocycles. The van der Waals surface area contributed by atoms with Gasteiger partial charge in [-0.05, 0) is 37.3 Å². The number of ether oxygens (including phenoxy) is 1. The van der Waals surface area contributed by atoms with E-state index in [0.29, 0.717) is 24.8 Å². The minimum atomic E-state index is -0.708. The van der Waals surface area contributed by atoms with Crippen LogP contribution in [0, 0.1) is 23.2 Å².